The van der Waals surface area contributed by atoms with Crippen LogP contribution in [0, 0.1) is 6.92 Å². The first-order valence-corrected chi connectivity index (χ1v) is 8.83. The van der Waals surface area contributed by atoms with Gasteiger partial charge in [0.05, 0.1) is 5.69 Å². The number of nitrogens with zero attached hydrogens (tertiary/aromatic N) is 4. The molecule has 7 nitrogen and oxygen atoms in total. The minimum absolute atomic E-state index is 0.0296. The molecule has 1 N–H and O–H groups in total. The van der Waals surface area contributed by atoms with Gasteiger partial charge in [-0.3, -0.25) is 9.59 Å². The van der Waals surface area contributed by atoms with E-state index in [0.29, 0.717) is 11.3 Å². The van der Waals surface area contributed by atoms with Crippen molar-refractivity contribution in [1.29, 1.82) is 0 Å². The second-order valence-electron chi connectivity index (χ2n) is 6.28. The third-order valence-electron chi connectivity index (χ3n) is 4.34. The fourth-order valence-corrected chi connectivity index (χ4v) is 2.78. The summed E-state index contributed by atoms with van der Waals surface area (Å²) in [6, 6.07) is 13.0. The van der Waals surface area contributed by atoms with E-state index in [0.717, 1.165) is 17.7 Å². The van der Waals surface area contributed by atoms with Crippen molar-refractivity contribution in [2.24, 2.45) is 0 Å². The summed E-state index contributed by atoms with van der Waals surface area (Å²) < 4.78 is 1.56. The topological polar surface area (TPSA) is 89.8 Å². The van der Waals surface area contributed by atoms with Gasteiger partial charge < -0.3 is 5.32 Å². The monoisotopic (exact) mass is 363 g/mol. The predicted octanol–water partition coefficient (Wildman–Crippen LogP) is 3.13. The van der Waals surface area contributed by atoms with E-state index >= 15 is 0 Å². The molecule has 3 rings (SSSR count). The molecule has 0 unspecified atom stereocenters. The summed E-state index contributed by atoms with van der Waals surface area (Å²) in [5, 5.41) is 13.9. The van der Waals surface area contributed by atoms with Crippen molar-refractivity contribution in [1.82, 2.24) is 20.2 Å². The van der Waals surface area contributed by atoms with Crippen molar-refractivity contribution in [3.8, 4) is 5.69 Å². The Bertz CT molecular complexity index is 934. The third kappa shape index (κ3) is 4.63. The first-order chi connectivity index (χ1) is 13.1. The Hall–Kier alpha value is -3.35. The fourth-order valence-electron chi connectivity index (χ4n) is 2.78. The molecule has 0 saturated carbocycles. The number of hydrogen-bond acceptors (Lipinski definition) is 5. The van der Waals surface area contributed by atoms with E-state index in [4.69, 9.17) is 0 Å². The fraction of sp³-hybridized carbons (Fsp3) is 0.250. The Labute approximate surface area is 157 Å². The van der Waals surface area contributed by atoms with Gasteiger partial charge in [0.2, 0.25) is 5.91 Å². The van der Waals surface area contributed by atoms with E-state index in [9.17, 15) is 9.59 Å². The number of benzene rings is 2. The van der Waals surface area contributed by atoms with Crippen LogP contribution in [0.15, 0.2) is 48.8 Å². The number of nitrogens with one attached hydrogen (secondary N) is 1. The highest BCUT2D eigenvalue weighted by atomic mass is 16.2. The maximum absolute atomic E-state index is 12.2. The first-order valence-electron chi connectivity index (χ1n) is 8.83. The maximum atomic E-state index is 12.2. The van der Waals surface area contributed by atoms with Gasteiger partial charge in [0.15, 0.2) is 5.78 Å². The molecule has 1 aromatic heterocycles. The molecular formula is C20H21N5O2. The molecule has 7 heteroatoms. The number of ketones is 1. The molecule has 0 radical (unpaired) electrons. The van der Waals surface area contributed by atoms with Crippen LogP contribution in [0.1, 0.15) is 41.3 Å². The molecule has 0 aliphatic carbocycles. The summed E-state index contributed by atoms with van der Waals surface area (Å²) in [5.74, 6) is -0.221. The quantitative estimate of drug-likeness (QED) is 0.651. The molecule has 1 amide bonds. The lowest BCUT2D eigenvalue weighted by molar-refractivity contribution is -0.116. The van der Waals surface area contributed by atoms with Gasteiger partial charge >= 0.3 is 0 Å². The van der Waals surface area contributed by atoms with Crippen LogP contribution in [-0.2, 0) is 11.2 Å². The standard InChI is InChI=1S/C20H21N5O2/c1-3-15-4-6-16(7-5-15)19(26)10-11-20(27)22-17-8-9-18(14(2)12-17)25-13-21-23-24-25/h4-9,12-13H,3,10-11H2,1-2H3,(H,22,27). The lowest BCUT2D eigenvalue weighted by Gasteiger charge is -2.09. The molecule has 0 fully saturated rings. The van der Waals surface area contributed by atoms with E-state index in [-0.39, 0.29) is 24.5 Å². The third-order valence-corrected chi connectivity index (χ3v) is 4.34. The van der Waals surface area contributed by atoms with E-state index in [1.807, 2.05) is 43.3 Å². The smallest absolute Gasteiger partial charge is 0.224 e. The number of aryl methyl sites for hydroxylation is 2. The van der Waals surface area contributed by atoms with Crippen LogP contribution in [0.4, 0.5) is 5.69 Å². The van der Waals surface area contributed by atoms with Crippen LogP contribution in [0.25, 0.3) is 5.69 Å². The van der Waals surface area contributed by atoms with Crippen molar-refractivity contribution in [2.45, 2.75) is 33.1 Å². The Kier molecular flexibility index (Phi) is 5.71. The van der Waals surface area contributed by atoms with Gasteiger partial charge in [0, 0.05) is 24.1 Å². The van der Waals surface area contributed by atoms with Crippen LogP contribution in [0.2, 0.25) is 0 Å². The second-order valence-corrected chi connectivity index (χ2v) is 6.28. The molecular weight excluding hydrogens is 342 g/mol. The van der Waals surface area contributed by atoms with Crippen molar-refractivity contribution in [2.75, 3.05) is 5.32 Å². The highest BCUT2D eigenvalue weighted by Gasteiger charge is 2.11. The van der Waals surface area contributed by atoms with Crippen LogP contribution >= 0.6 is 0 Å². The summed E-state index contributed by atoms with van der Waals surface area (Å²) in [4.78, 5) is 24.4. The highest BCUT2D eigenvalue weighted by Crippen LogP contribution is 2.18. The maximum Gasteiger partial charge on any atom is 0.224 e. The number of carbonyl (C=O) groups is 2. The molecule has 0 bridgehead atoms. The number of Topliss-reactive ketones (excluding diaryl/α,β-unsaturated/α-hetero) is 1. The summed E-state index contributed by atoms with van der Waals surface area (Å²) in [6.45, 7) is 3.98. The number of anilines is 1. The van der Waals surface area contributed by atoms with Crippen LogP contribution < -0.4 is 5.32 Å². The first kappa shape index (κ1) is 18.4. The van der Waals surface area contributed by atoms with Gasteiger partial charge in [-0.05, 0) is 53.1 Å². The number of tetrazole rings is 1. The molecule has 3 aromatic rings. The average Bonchev–Trinajstić information content (AvgIpc) is 3.20. The molecule has 0 atom stereocenters. The number of hydrogen-bond donors (Lipinski definition) is 1. The Morgan fingerprint density at radius 1 is 1.07 bits per heavy atom. The molecule has 0 spiro atoms. The molecule has 0 aliphatic heterocycles. The minimum Gasteiger partial charge on any atom is -0.326 e. The van der Waals surface area contributed by atoms with Gasteiger partial charge in [-0.1, -0.05) is 31.2 Å². The summed E-state index contributed by atoms with van der Waals surface area (Å²) >= 11 is 0. The zero-order valence-electron chi connectivity index (χ0n) is 15.3. The Morgan fingerprint density at radius 2 is 1.85 bits per heavy atom. The lowest BCUT2D eigenvalue weighted by atomic mass is 10.0. The van der Waals surface area contributed by atoms with Gasteiger partial charge in [0.1, 0.15) is 6.33 Å². The number of rotatable bonds is 7. The normalized spacial score (nSPS) is 10.6. The van der Waals surface area contributed by atoms with Crippen LogP contribution in [-0.4, -0.2) is 31.9 Å². The van der Waals surface area contributed by atoms with Gasteiger partial charge in [0.25, 0.3) is 0 Å². The molecule has 0 saturated heterocycles. The average molecular weight is 363 g/mol. The number of carbonyl (C=O) groups excluding carboxylic acids is 2. The Balaban J connectivity index is 1.56. The van der Waals surface area contributed by atoms with Crippen LogP contribution in [0.3, 0.4) is 0 Å². The van der Waals surface area contributed by atoms with E-state index in [1.54, 1.807) is 10.7 Å². The van der Waals surface area contributed by atoms with Gasteiger partial charge in [-0.25, -0.2) is 4.68 Å². The Morgan fingerprint density at radius 3 is 2.48 bits per heavy atom. The zero-order chi connectivity index (χ0) is 19.2. The molecule has 1 heterocycles. The summed E-state index contributed by atoms with van der Waals surface area (Å²) in [5.41, 5.74) is 4.26. The molecule has 0 aliphatic rings. The van der Waals surface area contributed by atoms with Crippen molar-refractivity contribution < 1.29 is 9.59 Å². The number of amides is 1. The van der Waals surface area contributed by atoms with Gasteiger partial charge in [-0.2, -0.15) is 0 Å². The highest BCUT2D eigenvalue weighted by molar-refractivity contribution is 6.00. The van der Waals surface area contributed by atoms with Crippen molar-refractivity contribution >= 4 is 17.4 Å². The lowest BCUT2D eigenvalue weighted by Crippen LogP contribution is -2.14. The second kappa shape index (κ2) is 8.35. The summed E-state index contributed by atoms with van der Waals surface area (Å²) in [7, 11) is 0. The van der Waals surface area contributed by atoms with E-state index < -0.39 is 0 Å². The minimum atomic E-state index is -0.192. The van der Waals surface area contributed by atoms with Crippen molar-refractivity contribution in [3.63, 3.8) is 0 Å². The summed E-state index contributed by atoms with van der Waals surface area (Å²) in [6.07, 6.45) is 2.77. The molecule has 27 heavy (non-hydrogen) atoms. The molecule has 138 valence electrons. The molecule has 2 aromatic carbocycles. The van der Waals surface area contributed by atoms with Crippen LogP contribution in [0.5, 0.6) is 0 Å². The zero-order valence-corrected chi connectivity index (χ0v) is 15.3. The van der Waals surface area contributed by atoms with E-state index in [2.05, 4.69) is 27.8 Å². The SMILES string of the molecule is CCc1ccc(C(=O)CCC(=O)Nc2ccc(-n3cnnn3)c(C)c2)cc1. The number of aromatic nitrogens is 4. The van der Waals surface area contributed by atoms with E-state index in [1.165, 1.54) is 11.9 Å². The predicted molar refractivity (Wildman–Crippen MR) is 102 cm³/mol. The van der Waals surface area contributed by atoms with Gasteiger partial charge in [-0.15, -0.1) is 5.10 Å². The van der Waals surface area contributed by atoms with Crippen molar-refractivity contribution in [3.05, 3.63) is 65.5 Å². The largest absolute Gasteiger partial charge is 0.326 e.